The van der Waals surface area contributed by atoms with Crippen LogP contribution in [-0.2, 0) is 29.7 Å². The van der Waals surface area contributed by atoms with Crippen LogP contribution in [0.15, 0.2) is 182 Å². The Morgan fingerprint density at radius 1 is 0.434 bits per heavy atom. The van der Waals surface area contributed by atoms with Gasteiger partial charge in [-0.25, -0.2) is 4.67 Å². The third-order valence-corrected chi connectivity index (χ3v) is 12.7. The van der Waals surface area contributed by atoms with Gasteiger partial charge in [-0.15, -0.1) is 0 Å². The van der Waals surface area contributed by atoms with Crippen molar-refractivity contribution in [2.75, 3.05) is 0 Å². The lowest BCUT2D eigenvalue weighted by Gasteiger charge is -2.45. The van der Waals surface area contributed by atoms with Crippen LogP contribution in [0, 0.1) is 0 Å². The van der Waals surface area contributed by atoms with E-state index in [2.05, 4.69) is 176 Å². The van der Waals surface area contributed by atoms with Crippen LogP contribution in [0.4, 0.5) is 0 Å². The smallest absolute Gasteiger partial charge is 0.262 e. The van der Waals surface area contributed by atoms with E-state index in [1.807, 2.05) is 38.1 Å². The lowest BCUT2D eigenvalue weighted by atomic mass is 9.72. The maximum absolute atomic E-state index is 7.99. The van der Waals surface area contributed by atoms with Gasteiger partial charge in [0.15, 0.2) is 17.0 Å². The van der Waals surface area contributed by atoms with Gasteiger partial charge in [0.2, 0.25) is 0 Å². The molecule has 0 bridgehead atoms. The van der Waals surface area contributed by atoms with Crippen molar-refractivity contribution < 1.29 is 18.5 Å². The second-order valence-corrected chi connectivity index (χ2v) is 15.7. The Hall–Kier alpha value is -4.45. The van der Waals surface area contributed by atoms with Gasteiger partial charge < -0.3 is 18.5 Å². The minimum atomic E-state index is -1.94. The van der Waals surface area contributed by atoms with Crippen LogP contribution in [0.1, 0.15) is 73.2 Å². The number of fused-ring (bicyclic) bond motifs is 1. The van der Waals surface area contributed by atoms with E-state index in [1.165, 1.54) is 0 Å². The molecule has 2 aliphatic heterocycles. The van der Waals surface area contributed by atoms with E-state index in [9.17, 15) is 0 Å². The van der Waals surface area contributed by atoms with Crippen LogP contribution in [0.3, 0.4) is 0 Å². The number of rotatable bonds is 9. The van der Waals surface area contributed by atoms with Gasteiger partial charge in [0.25, 0.3) is 8.53 Å². The fourth-order valence-electron chi connectivity index (χ4n) is 8.15. The van der Waals surface area contributed by atoms with Gasteiger partial charge in [0.05, 0.1) is 0 Å². The molecule has 0 saturated carbocycles. The molecule has 8 rings (SSSR count). The van der Waals surface area contributed by atoms with Crippen LogP contribution in [-0.4, -0.2) is 22.7 Å². The van der Waals surface area contributed by atoms with Gasteiger partial charge in [0, 0.05) is 12.1 Å². The number of ether oxygens (including phenoxy) is 2. The molecule has 2 heterocycles. The molecule has 5 nitrogen and oxygen atoms in total. The predicted octanol–water partition coefficient (Wildman–Crippen LogP) is 11.5. The van der Waals surface area contributed by atoms with Crippen molar-refractivity contribution >= 4 is 8.53 Å². The second-order valence-electron chi connectivity index (χ2n) is 14.4. The number of benzene rings is 6. The van der Waals surface area contributed by atoms with Crippen molar-refractivity contribution in [3.63, 3.8) is 0 Å². The molecule has 0 amide bonds. The Bertz CT molecular complexity index is 1840. The average Bonchev–Trinajstić information content (AvgIpc) is 3.50. The first kappa shape index (κ1) is 35.6. The fourth-order valence-corrected chi connectivity index (χ4v) is 10.3. The van der Waals surface area contributed by atoms with Crippen molar-refractivity contribution in [2.45, 2.75) is 69.0 Å². The van der Waals surface area contributed by atoms with E-state index in [-0.39, 0.29) is 12.1 Å². The molecule has 6 heteroatoms. The standard InChI is InChI=1S/C47H46NO4P/c1-35(37-23-11-5-12-24-37)48(36(2)38-25-13-6-14-26-38)53-51-46(39-27-15-7-16-28-39,40-29-17-8-18-30-40)43-44(50-45(3,4)49-43)47(52-53,41-31-19-9-20-32-41)42-33-21-10-22-34-42/h5-36,43-44H,1-4H3/t35-,36-,43+,44+/m0/s1. The SMILES string of the molecule is C[C@@H](c1ccccc1)N([C@@H](C)c1ccccc1)P1OC(c2ccccc2)(c2ccccc2)[C@@H]2OC(C)(C)O[C@H]2C(c2ccccc2)(c2ccccc2)O1. The van der Waals surface area contributed by atoms with Crippen molar-refractivity contribution in [3.05, 3.63) is 215 Å². The summed E-state index contributed by atoms with van der Waals surface area (Å²) in [7, 11) is -1.94. The lowest BCUT2D eigenvalue weighted by Crippen LogP contribution is -2.53. The first-order valence-electron chi connectivity index (χ1n) is 18.5. The highest BCUT2D eigenvalue weighted by Gasteiger charge is 2.67. The average molecular weight is 720 g/mol. The first-order valence-corrected chi connectivity index (χ1v) is 19.6. The van der Waals surface area contributed by atoms with Gasteiger partial charge >= 0.3 is 0 Å². The maximum atomic E-state index is 7.99. The van der Waals surface area contributed by atoms with Crippen molar-refractivity contribution in [2.24, 2.45) is 0 Å². The van der Waals surface area contributed by atoms with E-state index in [1.54, 1.807) is 0 Å². The van der Waals surface area contributed by atoms with Gasteiger partial charge in [-0.1, -0.05) is 182 Å². The summed E-state index contributed by atoms with van der Waals surface area (Å²) in [6, 6.07) is 63.1. The highest BCUT2D eigenvalue weighted by atomic mass is 31.2. The predicted molar refractivity (Wildman–Crippen MR) is 212 cm³/mol. The van der Waals surface area contributed by atoms with Crippen molar-refractivity contribution in [1.29, 1.82) is 0 Å². The highest BCUT2D eigenvalue weighted by Crippen LogP contribution is 2.68. The number of hydrogen-bond acceptors (Lipinski definition) is 5. The van der Waals surface area contributed by atoms with Crippen LogP contribution in [0.2, 0.25) is 0 Å². The zero-order chi connectivity index (χ0) is 36.5. The molecule has 268 valence electrons. The van der Waals surface area contributed by atoms with Crippen LogP contribution in [0.5, 0.6) is 0 Å². The van der Waals surface area contributed by atoms with E-state index in [0.717, 1.165) is 33.4 Å². The zero-order valence-corrected chi connectivity index (χ0v) is 31.6. The Morgan fingerprint density at radius 3 is 0.981 bits per heavy atom. The fraction of sp³-hybridized carbons (Fsp3) is 0.234. The minimum Gasteiger partial charge on any atom is -0.341 e. The molecule has 0 aliphatic carbocycles. The second kappa shape index (κ2) is 14.8. The van der Waals surface area contributed by atoms with Crippen LogP contribution in [0.25, 0.3) is 0 Å². The minimum absolute atomic E-state index is 0.109. The van der Waals surface area contributed by atoms with E-state index < -0.39 is 37.7 Å². The highest BCUT2D eigenvalue weighted by molar-refractivity contribution is 7.44. The van der Waals surface area contributed by atoms with E-state index in [0.29, 0.717) is 0 Å². The largest absolute Gasteiger partial charge is 0.341 e. The summed E-state index contributed by atoms with van der Waals surface area (Å²) in [6.45, 7) is 8.50. The normalized spacial score (nSPS) is 21.7. The molecule has 6 aromatic rings. The van der Waals surface area contributed by atoms with E-state index in [4.69, 9.17) is 18.5 Å². The van der Waals surface area contributed by atoms with Gasteiger partial charge in [-0.05, 0) is 61.1 Å². The lowest BCUT2D eigenvalue weighted by molar-refractivity contribution is -0.175. The van der Waals surface area contributed by atoms with Crippen molar-refractivity contribution in [3.8, 4) is 0 Å². The molecule has 2 aliphatic rings. The summed E-state index contributed by atoms with van der Waals surface area (Å²) in [6.07, 6.45) is -1.28. The molecule has 53 heavy (non-hydrogen) atoms. The monoisotopic (exact) mass is 719 g/mol. The summed E-state index contributed by atoms with van der Waals surface area (Å²) in [4.78, 5) is 0. The van der Waals surface area contributed by atoms with Crippen LogP contribution >= 0.6 is 8.53 Å². The van der Waals surface area contributed by atoms with Crippen LogP contribution < -0.4 is 0 Å². The Labute approximate surface area is 315 Å². The molecule has 6 aromatic carbocycles. The van der Waals surface area contributed by atoms with E-state index >= 15 is 0 Å². The summed E-state index contributed by atoms with van der Waals surface area (Å²) >= 11 is 0. The number of nitrogens with zero attached hydrogens (tertiary/aromatic N) is 1. The Kier molecular flexibility index (Phi) is 9.91. The third-order valence-electron chi connectivity index (χ3n) is 10.7. The van der Waals surface area contributed by atoms with Gasteiger partial charge in [0.1, 0.15) is 12.2 Å². The first-order chi connectivity index (χ1) is 25.8. The topological polar surface area (TPSA) is 40.2 Å². The summed E-state index contributed by atoms with van der Waals surface area (Å²) < 4.78 is 32.9. The molecule has 0 spiro atoms. The summed E-state index contributed by atoms with van der Waals surface area (Å²) in [5.41, 5.74) is 3.90. The third kappa shape index (κ3) is 6.46. The Morgan fingerprint density at radius 2 is 0.698 bits per heavy atom. The Balaban J connectivity index is 1.47. The molecule has 2 saturated heterocycles. The molecular weight excluding hydrogens is 673 g/mol. The van der Waals surface area contributed by atoms with Gasteiger partial charge in [-0.2, -0.15) is 0 Å². The maximum Gasteiger partial charge on any atom is 0.262 e. The quantitative estimate of drug-likeness (QED) is 0.139. The molecule has 0 unspecified atom stereocenters. The molecule has 0 radical (unpaired) electrons. The zero-order valence-electron chi connectivity index (χ0n) is 30.7. The van der Waals surface area contributed by atoms with Gasteiger partial charge in [-0.3, -0.25) is 0 Å². The molecule has 4 atom stereocenters. The number of hydrogen-bond donors (Lipinski definition) is 0. The molecule has 0 N–H and O–H groups in total. The summed E-state index contributed by atoms with van der Waals surface area (Å²) in [5.74, 6) is -0.958. The molecular formula is C47H46NO4P. The molecule has 0 aromatic heterocycles. The molecule has 2 fully saturated rings. The summed E-state index contributed by atoms with van der Waals surface area (Å²) in [5, 5.41) is 0. The van der Waals surface area contributed by atoms with Crippen molar-refractivity contribution in [1.82, 2.24) is 4.67 Å².